The number of piperidine rings is 1. The Morgan fingerprint density at radius 2 is 2.00 bits per heavy atom. The van der Waals surface area contributed by atoms with Gasteiger partial charge in [-0.2, -0.15) is 17.5 Å². The maximum absolute atomic E-state index is 13.2. The van der Waals surface area contributed by atoms with Crippen molar-refractivity contribution in [3.63, 3.8) is 0 Å². The molecule has 0 aromatic carbocycles. The molecule has 2 atom stereocenters. The molecule has 1 fully saturated rings. The van der Waals surface area contributed by atoms with Gasteiger partial charge in [-0.15, -0.1) is 12.4 Å². The van der Waals surface area contributed by atoms with Gasteiger partial charge in [-0.05, 0) is 18.8 Å². The third-order valence-corrected chi connectivity index (χ3v) is 5.47. The van der Waals surface area contributed by atoms with Crippen molar-refractivity contribution in [2.75, 3.05) is 6.54 Å². The fourth-order valence-corrected chi connectivity index (χ4v) is 4.31. The minimum absolute atomic E-state index is 0. The number of aromatic nitrogens is 2. The summed E-state index contributed by atoms with van der Waals surface area (Å²) in [5.74, 6) is 0.256. The summed E-state index contributed by atoms with van der Waals surface area (Å²) in [6.45, 7) is 4.06. The van der Waals surface area contributed by atoms with E-state index in [0.717, 1.165) is 0 Å². The molecule has 2 unspecified atom stereocenters. The molecular formula is C13H22ClF3N4O2S. The molecule has 0 amide bonds. The zero-order valence-corrected chi connectivity index (χ0v) is 15.0. The van der Waals surface area contributed by atoms with Crippen LogP contribution in [-0.2, 0) is 16.6 Å². The van der Waals surface area contributed by atoms with Crippen LogP contribution in [0.25, 0.3) is 0 Å². The smallest absolute Gasteiger partial charge is 0.336 e. The molecular weight excluding hydrogens is 369 g/mol. The first-order chi connectivity index (χ1) is 10.5. The molecule has 1 saturated heterocycles. The van der Waals surface area contributed by atoms with E-state index in [0.29, 0.717) is 10.8 Å². The van der Waals surface area contributed by atoms with Crippen LogP contribution in [0.15, 0.2) is 17.6 Å². The van der Waals surface area contributed by atoms with Crippen molar-refractivity contribution in [2.24, 2.45) is 11.7 Å². The third kappa shape index (κ3) is 4.62. The van der Waals surface area contributed by atoms with E-state index < -0.39 is 28.3 Å². The molecule has 0 saturated carbocycles. The van der Waals surface area contributed by atoms with Crippen LogP contribution in [0.1, 0.15) is 26.7 Å². The van der Waals surface area contributed by atoms with E-state index in [-0.39, 0.29) is 42.7 Å². The predicted octanol–water partition coefficient (Wildman–Crippen LogP) is 2.00. The van der Waals surface area contributed by atoms with Gasteiger partial charge in [-0.3, -0.25) is 0 Å². The summed E-state index contributed by atoms with van der Waals surface area (Å²) >= 11 is 0. The second-order valence-corrected chi connectivity index (χ2v) is 8.11. The highest BCUT2D eigenvalue weighted by atomic mass is 35.5. The molecule has 1 aliphatic rings. The number of rotatable bonds is 4. The van der Waals surface area contributed by atoms with Crippen LogP contribution < -0.4 is 5.73 Å². The van der Waals surface area contributed by atoms with E-state index in [9.17, 15) is 21.6 Å². The van der Waals surface area contributed by atoms with Crippen molar-refractivity contribution in [3.8, 4) is 0 Å². The van der Waals surface area contributed by atoms with Gasteiger partial charge in [0.05, 0.1) is 6.33 Å². The maximum Gasteiger partial charge on any atom is 0.405 e. The van der Waals surface area contributed by atoms with Gasteiger partial charge in [-0.1, -0.05) is 13.8 Å². The Hall–Kier alpha value is -0.840. The monoisotopic (exact) mass is 390 g/mol. The molecule has 2 heterocycles. The van der Waals surface area contributed by atoms with E-state index >= 15 is 0 Å². The fraction of sp³-hybridized carbons (Fsp3) is 0.769. The normalized spacial score (nSPS) is 23.3. The van der Waals surface area contributed by atoms with Gasteiger partial charge < -0.3 is 10.3 Å². The summed E-state index contributed by atoms with van der Waals surface area (Å²) in [6, 6.07) is -2.66. The van der Waals surface area contributed by atoms with E-state index in [4.69, 9.17) is 5.73 Å². The number of sulfonamides is 1. The second-order valence-electron chi connectivity index (χ2n) is 6.27. The van der Waals surface area contributed by atoms with Gasteiger partial charge in [0.1, 0.15) is 6.04 Å². The highest BCUT2D eigenvalue weighted by molar-refractivity contribution is 7.89. The van der Waals surface area contributed by atoms with Crippen molar-refractivity contribution in [3.05, 3.63) is 12.5 Å². The third-order valence-electron chi connectivity index (χ3n) is 3.71. The number of alkyl halides is 3. The first kappa shape index (κ1) is 21.2. The molecule has 2 rings (SSSR count). The van der Waals surface area contributed by atoms with Crippen molar-refractivity contribution < 1.29 is 21.6 Å². The van der Waals surface area contributed by atoms with Crippen LogP contribution in [0.5, 0.6) is 0 Å². The molecule has 6 nitrogen and oxygen atoms in total. The van der Waals surface area contributed by atoms with Crippen LogP contribution in [0.2, 0.25) is 0 Å². The summed E-state index contributed by atoms with van der Waals surface area (Å²) in [4.78, 5) is 3.78. The topological polar surface area (TPSA) is 81.2 Å². The number of halogens is 4. The molecule has 11 heteroatoms. The van der Waals surface area contributed by atoms with E-state index in [1.165, 1.54) is 12.5 Å². The maximum atomic E-state index is 13.2. The largest absolute Gasteiger partial charge is 0.405 e. The zero-order chi connectivity index (χ0) is 17.4. The van der Waals surface area contributed by atoms with Crippen LogP contribution in [-0.4, -0.2) is 47.1 Å². The van der Waals surface area contributed by atoms with Crippen molar-refractivity contribution in [1.82, 2.24) is 13.9 Å². The summed E-state index contributed by atoms with van der Waals surface area (Å²) in [7, 11) is -4.34. The minimum atomic E-state index is -4.63. The molecule has 0 spiro atoms. The van der Waals surface area contributed by atoms with Gasteiger partial charge in [-0.25, -0.2) is 13.4 Å². The van der Waals surface area contributed by atoms with Crippen LogP contribution in [0.4, 0.5) is 13.2 Å². The van der Waals surface area contributed by atoms with Crippen LogP contribution >= 0.6 is 12.4 Å². The van der Waals surface area contributed by atoms with Crippen molar-refractivity contribution in [1.29, 1.82) is 0 Å². The Labute approximate surface area is 145 Å². The molecule has 0 aliphatic carbocycles. The lowest BCUT2D eigenvalue weighted by molar-refractivity contribution is -0.178. The zero-order valence-electron chi connectivity index (χ0n) is 13.4. The lowest BCUT2D eigenvalue weighted by Crippen LogP contribution is -2.56. The summed E-state index contributed by atoms with van der Waals surface area (Å²) in [6.07, 6.45) is -2.25. The van der Waals surface area contributed by atoms with E-state index in [1.807, 2.05) is 13.8 Å². The quantitative estimate of drug-likeness (QED) is 0.852. The highest BCUT2D eigenvalue weighted by Crippen LogP contribution is 2.34. The Bertz CT molecular complexity index is 648. The average Bonchev–Trinajstić information content (AvgIpc) is 2.85. The number of hydrogen-bond donors (Lipinski definition) is 1. The minimum Gasteiger partial charge on any atom is -0.336 e. The summed E-state index contributed by atoms with van der Waals surface area (Å²) in [5, 5.41) is -0.374. The first-order valence-electron chi connectivity index (χ1n) is 7.37. The summed E-state index contributed by atoms with van der Waals surface area (Å²) in [5.41, 5.74) is 5.68. The average molecular weight is 391 g/mol. The van der Waals surface area contributed by atoms with Gasteiger partial charge in [0, 0.05) is 25.3 Å². The Kier molecular flexibility index (Phi) is 6.70. The lowest BCUT2D eigenvalue weighted by atomic mass is 10.0. The molecule has 2 N–H and O–H groups in total. The van der Waals surface area contributed by atoms with Crippen molar-refractivity contribution >= 4 is 22.4 Å². The standard InChI is InChI=1S/C13H21F3N4O2S.ClH/c1-9(2)5-19-7-12(18-8-19)23(21,22)20-6-10(17)3-4-11(20)13(14,15)16;/h7-11H,3-6,17H2,1-2H3;1H. The Balaban J connectivity index is 0.00000288. The second kappa shape index (κ2) is 7.59. The Morgan fingerprint density at radius 3 is 2.54 bits per heavy atom. The summed E-state index contributed by atoms with van der Waals surface area (Å²) < 4.78 is 66.7. The van der Waals surface area contributed by atoms with Crippen molar-refractivity contribution in [2.45, 2.75) is 56.5 Å². The molecule has 0 bridgehead atoms. The van der Waals surface area contributed by atoms with Crippen LogP contribution in [0, 0.1) is 5.92 Å². The fourth-order valence-electron chi connectivity index (χ4n) is 2.67. The highest BCUT2D eigenvalue weighted by Gasteiger charge is 2.50. The predicted molar refractivity (Wildman–Crippen MR) is 85.3 cm³/mol. The van der Waals surface area contributed by atoms with E-state index in [2.05, 4.69) is 4.98 Å². The molecule has 1 aromatic heterocycles. The number of nitrogens with zero attached hydrogens (tertiary/aromatic N) is 3. The van der Waals surface area contributed by atoms with Gasteiger partial charge >= 0.3 is 6.18 Å². The molecule has 140 valence electrons. The number of nitrogens with two attached hydrogens (primary N) is 1. The van der Waals surface area contributed by atoms with Gasteiger partial charge in [0.2, 0.25) is 0 Å². The van der Waals surface area contributed by atoms with Gasteiger partial charge in [0.15, 0.2) is 5.03 Å². The molecule has 1 aliphatic heterocycles. The van der Waals surface area contributed by atoms with E-state index in [1.54, 1.807) is 4.57 Å². The number of imidazole rings is 1. The molecule has 1 aromatic rings. The first-order valence-corrected chi connectivity index (χ1v) is 8.81. The molecule has 24 heavy (non-hydrogen) atoms. The van der Waals surface area contributed by atoms with Gasteiger partial charge in [0.25, 0.3) is 10.0 Å². The SMILES string of the molecule is CC(C)Cn1cnc(S(=O)(=O)N2CC(N)CCC2C(F)(F)F)c1.Cl. The van der Waals surface area contributed by atoms with Crippen LogP contribution in [0.3, 0.4) is 0 Å². The number of hydrogen-bond acceptors (Lipinski definition) is 4. The molecule has 0 radical (unpaired) electrons. The lowest BCUT2D eigenvalue weighted by Gasteiger charge is -2.37. The Morgan fingerprint density at radius 1 is 1.38 bits per heavy atom.